The van der Waals surface area contributed by atoms with Gasteiger partial charge in [0.15, 0.2) is 0 Å². The largest absolute Gasteiger partial charge is 0.362 e. The molecule has 0 aliphatic rings. The van der Waals surface area contributed by atoms with Crippen molar-refractivity contribution < 1.29 is 0 Å². The van der Waals surface area contributed by atoms with E-state index in [1.54, 1.807) is 0 Å². The van der Waals surface area contributed by atoms with E-state index in [1.165, 1.54) is 0 Å². The zero-order chi connectivity index (χ0) is 8.55. The minimum Gasteiger partial charge on any atom is -0.362 e. The van der Waals surface area contributed by atoms with E-state index in [4.69, 9.17) is 6.57 Å². The molecule has 12 heavy (non-hydrogen) atoms. The van der Waals surface area contributed by atoms with Crippen molar-refractivity contribution in [3.8, 4) is 0 Å². The Kier molecular flexibility index (Phi) is 1.63. The Hall–Kier alpha value is -1.27. The predicted molar refractivity (Wildman–Crippen MR) is 52.3 cm³/mol. The highest BCUT2D eigenvalue weighted by molar-refractivity contribution is 9.10. The number of fused-ring (bicyclic) bond motifs is 1. The monoisotopic (exact) mass is 220 g/mol. The van der Waals surface area contributed by atoms with Crippen molar-refractivity contribution in [2.45, 2.75) is 0 Å². The summed E-state index contributed by atoms with van der Waals surface area (Å²) in [5.41, 5.74) is 1.65. The molecular formula is C9H5BrN2. The first-order chi connectivity index (χ1) is 5.81. The number of aromatic amines is 1. The van der Waals surface area contributed by atoms with Crippen LogP contribution in [0.1, 0.15) is 0 Å². The fraction of sp³-hybridized carbons (Fsp3) is 0. The lowest BCUT2D eigenvalue weighted by Crippen LogP contribution is -1.69. The average Bonchev–Trinajstić information content (AvgIpc) is 2.49. The van der Waals surface area contributed by atoms with Crippen LogP contribution >= 0.6 is 15.9 Å². The summed E-state index contributed by atoms with van der Waals surface area (Å²) >= 11 is 3.33. The van der Waals surface area contributed by atoms with Crippen LogP contribution in [0.25, 0.3) is 15.7 Å². The quantitative estimate of drug-likeness (QED) is 0.657. The standard InChI is InChI=1S/C9H5BrN2/c1-11-9-5-8-6(2-3-12-8)4-7(9)10/h2-5,12H. The normalized spacial score (nSPS) is 10.0. The lowest BCUT2D eigenvalue weighted by molar-refractivity contribution is 1.48. The van der Waals surface area contributed by atoms with Crippen LogP contribution in [0.15, 0.2) is 28.9 Å². The van der Waals surface area contributed by atoms with Crippen molar-refractivity contribution >= 4 is 32.5 Å². The maximum atomic E-state index is 6.89. The lowest BCUT2D eigenvalue weighted by atomic mass is 10.2. The molecule has 0 saturated carbocycles. The third-order valence-corrected chi connectivity index (χ3v) is 2.38. The van der Waals surface area contributed by atoms with Gasteiger partial charge in [0, 0.05) is 16.2 Å². The first kappa shape index (κ1) is 7.38. The van der Waals surface area contributed by atoms with Crippen LogP contribution in [0.4, 0.5) is 5.69 Å². The highest BCUT2D eigenvalue weighted by Gasteiger charge is 2.01. The molecule has 2 aromatic rings. The molecule has 0 amide bonds. The molecule has 0 atom stereocenters. The molecule has 1 N–H and O–H groups in total. The van der Waals surface area contributed by atoms with Crippen LogP contribution in [0.3, 0.4) is 0 Å². The van der Waals surface area contributed by atoms with Gasteiger partial charge >= 0.3 is 0 Å². The molecule has 2 nitrogen and oxygen atoms in total. The Morgan fingerprint density at radius 1 is 1.42 bits per heavy atom. The topological polar surface area (TPSA) is 20.1 Å². The molecule has 0 unspecified atom stereocenters. The van der Waals surface area contributed by atoms with Crippen molar-refractivity contribution in [3.63, 3.8) is 0 Å². The Bertz CT molecular complexity index is 465. The molecule has 1 heterocycles. The molecule has 2 rings (SSSR count). The number of hydrogen-bond donors (Lipinski definition) is 1. The minimum atomic E-state index is 0.643. The van der Waals surface area contributed by atoms with Crippen molar-refractivity contribution in [2.75, 3.05) is 0 Å². The second-order valence-electron chi connectivity index (χ2n) is 2.48. The van der Waals surface area contributed by atoms with Crippen molar-refractivity contribution in [2.24, 2.45) is 0 Å². The van der Waals surface area contributed by atoms with Gasteiger partial charge in [-0.25, -0.2) is 4.85 Å². The predicted octanol–water partition coefficient (Wildman–Crippen LogP) is 3.48. The van der Waals surface area contributed by atoms with E-state index in [0.29, 0.717) is 5.69 Å². The fourth-order valence-electron chi connectivity index (χ4n) is 1.15. The number of hydrogen-bond acceptors (Lipinski definition) is 0. The van der Waals surface area contributed by atoms with Gasteiger partial charge in [0.2, 0.25) is 5.69 Å². The molecule has 58 valence electrons. The van der Waals surface area contributed by atoms with Gasteiger partial charge in [-0.1, -0.05) is 15.9 Å². The summed E-state index contributed by atoms with van der Waals surface area (Å²) in [5.74, 6) is 0. The Balaban J connectivity index is 2.84. The lowest BCUT2D eigenvalue weighted by Gasteiger charge is -1.94. The molecule has 0 spiro atoms. The zero-order valence-electron chi connectivity index (χ0n) is 6.13. The molecule has 3 heteroatoms. The molecule has 0 aliphatic heterocycles. The summed E-state index contributed by atoms with van der Waals surface area (Å²) in [4.78, 5) is 6.44. The second-order valence-corrected chi connectivity index (χ2v) is 3.33. The van der Waals surface area contributed by atoms with E-state index < -0.39 is 0 Å². The summed E-state index contributed by atoms with van der Waals surface area (Å²) in [5, 5.41) is 1.12. The van der Waals surface area contributed by atoms with E-state index in [1.807, 2.05) is 24.4 Å². The number of H-pyrrole nitrogens is 1. The fourth-order valence-corrected chi connectivity index (χ4v) is 1.60. The Labute approximate surface area is 78.2 Å². The second kappa shape index (κ2) is 2.65. The number of nitrogens with zero attached hydrogens (tertiary/aromatic N) is 1. The van der Waals surface area contributed by atoms with Crippen molar-refractivity contribution in [1.29, 1.82) is 0 Å². The van der Waals surface area contributed by atoms with Gasteiger partial charge in [-0.15, -0.1) is 0 Å². The van der Waals surface area contributed by atoms with Gasteiger partial charge in [-0.2, -0.15) is 0 Å². The third kappa shape index (κ3) is 1.01. The smallest absolute Gasteiger partial charge is 0.203 e. The number of nitrogens with one attached hydrogen (secondary N) is 1. The molecule has 1 aromatic carbocycles. The number of halogens is 1. The van der Waals surface area contributed by atoms with Gasteiger partial charge in [0.05, 0.1) is 6.57 Å². The van der Waals surface area contributed by atoms with Crippen molar-refractivity contribution in [1.82, 2.24) is 4.98 Å². The summed E-state index contributed by atoms with van der Waals surface area (Å²) in [6.45, 7) is 6.89. The average molecular weight is 221 g/mol. The van der Waals surface area contributed by atoms with E-state index in [9.17, 15) is 0 Å². The minimum absolute atomic E-state index is 0.643. The van der Waals surface area contributed by atoms with Gasteiger partial charge in [-0.05, 0) is 23.6 Å². The highest BCUT2D eigenvalue weighted by Crippen LogP contribution is 2.29. The van der Waals surface area contributed by atoms with E-state index in [0.717, 1.165) is 15.4 Å². The maximum absolute atomic E-state index is 6.89. The van der Waals surface area contributed by atoms with Crippen molar-refractivity contribution in [3.05, 3.63) is 40.3 Å². The van der Waals surface area contributed by atoms with Crippen LogP contribution in [0, 0.1) is 6.57 Å². The van der Waals surface area contributed by atoms with Gasteiger partial charge in [0.1, 0.15) is 0 Å². The molecule has 0 bridgehead atoms. The van der Waals surface area contributed by atoms with Gasteiger partial charge in [0.25, 0.3) is 0 Å². The Morgan fingerprint density at radius 2 is 2.25 bits per heavy atom. The molecule has 0 radical (unpaired) electrons. The van der Waals surface area contributed by atoms with Gasteiger partial charge in [-0.3, -0.25) is 0 Å². The Morgan fingerprint density at radius 3 is 3.00 bits per heavy atom. The summed E-state index contributed by atoms with van der Waals surface area (Å²) in [6, 6.07) is 5.76. The van der Waals surface area contributed by atoms with Crippen LogP contribution in [0.2, 0.25) is 0 Å². The molecule has 1 aromatic heterocycles. The molecule has 0 aliphatic carbocycles. The summed E-state index contributed by atoms with van der Waals surface area (Å²) < 4.78 is 0.851. The molecule has 0 saturated heterocycles. The van der Waals surface area contributed by atoms with Gasteiger partial charge < -0.3 is 4.98 Å². The highest BCUT2D eigenvalue weighted by atomic mass is 79.9. The van der Waals surface area contributed by atoms with E-state index in [-0.39, 0.29) is 0 Å². The van der Waals surface area contributed by atoms with Crippen LogP contribution in [-0.4, -0.2) is 4.98 Å². The summed E-state index contributed by atoms with van der Waals surface area (Å²) in [6.07, 6.45) is 1.87. The van der Waals surface area contributed by atoms with Crippen LogP contribution in [0.5, 0.6) is 0 Å². The first-order valence-corrected chi connectivity index (χ1v) is 4.24. The van der Waals surface area contributed by atoms with E-state index >= 15 is 0 Å². The molecular weight excluding hydrogens is 216 g/mol. The number of benzene rings is 1. The van der Waals surface area contributed by atoms with Crippen LogP contribution < -0.4 is 0 Å². The first-order valence-electron chi connectivity index (χ1n) is 3.45. The van der Waals surface area contributed by atoms with E-state index in [2.05, 4.69) is 25.8 Å². The summed E-state index contributed by atoms with van der Waals surface area (Å²) in [7, 11) is 0. The zero-order valence-corrected chi connectivity index (χ0v) is 7.72. The SMILES string of the molecule is [C-]#[N+]c1cc2[nH]ccc2cc1Br. The maximum Gasteiger partial charge on any atom is 0.203 e. The van der Waals surface area contributed by atoms with Crippen LogP contribution in [-0.2, 0) is 0 Å². The number of aromatic nitrogens is 1. The number of rotatable bonds is 0. The molecule has 0 fully saturated rings. The third-order valence-electron chi connectivity index (χ3n) is 1.74.